The molecule has 7 heteroatoms. The molecule has 1 fully saturated rings. The second-order valence-corrected chi connectivity index (χ2v) is 8.68. The minimum atomic E-state index is -0.0696. The van der Waals surface area contributed by atoms with Gasteiger partial charge in [0.15, 0.2) is 5.65 Å². The second-order valence-electron chi connectivity index (χ2n) is 8.68. The number of nitrogens with zero attached hydrogens (tertiary/aromatic N) is 4. The van der Waals surface area contributed by atoms with Crippen LogP contribution in [0.2, 0.25) is 0 Å². The predicted molar refractivity (Wildman–Crippen MR) is 129 cm³/mol. The lowest BCUT2D eigenvalue weighted by atomic mass is 10.1. The van der Waals surface area contributed by atoms with Crippen molar-refractivity contribution in [2.75, 3.05) is 20.8 Å². The van der Waals surface area contributed by atoms with E-state index in [1.54, 1.807) is 26.4 Å². The Balaban J connectivity index is 1.71. The van der Waals surface area contributed by atoms with E-state index in [-0.39, 0.29) is 5.91 Å². The number of methoxy groups -OCH3 is 2. The van der Waals surface area contributed by atoms with E-state index in [0.29, 0.717) is 36.2 Å². The molecule has 1 saturated carbocycles. The Morgan fingerprint density at radius 3 is 2.70 bits per heavy atom. The Morgan fingerprint density at radius 1 is 1.15 bits per heavy atom. The van der Waals surface area contributed by atoms with Crippen molar-refractivity contribution in [2.45, 2.75) is 64.5 Å². The zero-order valence-corrected chi connectivity index (χ0v) is 19.9. The molecule has 1 aliphatic carbocycles. The molecule has 7 nitrogen and oxygen atoms in total. The molecule has 0 saturated heterocycles. The van der Waals surface area contributed by atoms with Crippen molar-refractivity contribution in [3.8, 4) is 11.5 Å². The number of imidazole rings is 1. The summed E-state index contributed by atoms with van der Waals surface area (Å²) in [6.45, 7) is 3.27. The fraction of sp³-hybridized carbons (Fsp3) is 0.500. The fourth-order valence-electron chi connectivity index (χ4n) is 4.76. The molecule has 33 heavy (non-hydrogen) atoms. The van der Waals surface area contributed by atoms with Crippen LogP contribution >= 0.6 is 0 Å². The van der Waals surface area contributed by atoms with Crippen LogP contribution in [0.4, 0.5) is 0 Å². The van der Waals surface area contributed by atoms with Gasteiger partial charge in [-0.3, -0.25) is 4.79 Å². The highest BCUT2D eigenvalue weighted by Gasteiger charge is 2.27. The molecule has 0 N–H and O–H groups in total. The van der Waals surface area contributed by atoms with Crippen molar-refractivity contribution < 1.29 is 14.3 Å². The van der Waals surface area contributed by atoms with Gasteiger partial charge in [0.1, 0.15) is 22.8 Å². The van der Waals surface area contributed by atoms with Crippen molar-refractivity contribution in [2.24, 2.45) is 0 Å². The van der Waals surface area contributed by atoms with E-state index in [0.717, 1.165) is 49.1 Å². The summed E-state index contributed by atoms with van der Waals surface area (Å²) >= 11 is 0. The number of pyridine rings is 1. The van der Waals surface area contributed by atoms with Gasteiger partial charge in [-0.1, -0.05) is 32.6 Å². The molecule has 0 bridgehead atoms. The molecule has 2 aromatic heterocycles. The summed E-state index contributed by atoms with van der Waals surface area (Å²) in [6, 6.07) is 9.67. The van der Waals surface area contributed by atoms with Gasteiger partial charge in [0.2, 0.25) is 0 Å². The predicted octanol–water partition coefficient (Wildman–Crippen LogP) is 5.40. The summed E-state index contributed by atoms with van der Waals surface area (Å²) in [6.07, 6.45) is 9.62. The van der Waals surface area contributed by atoms with Crippen LogP contribution in [0.15, 0.2) is 36.5 Å². The van der Waals surface area contributed by atoms with Crippen LogP contribution < -0.4 is 9.47 Å². The first-order valence-corrected chi connectivity index (χ1v) is 12.0. The Hall–Kier alpha value is -3.09. The average Bonchev–Trinajstić information content (AvgIpc) is 3.50. The Kier molecular flexibility index (Phi) is 7.47. The number of carbonyl (C=O) groups is 1. The number of fused-ring (bicyclic) bond motifs is 1. The van der Waals surface area contributed by atoms with Gasteiger partial charge in [-0.15, -0.1) is 0 Å². The lowest BCUT2D eigenvalue weighted by Gasteiger charge is -2.25. The van der Waals surface area contributed by atoms with Crippen LogP contribution in [0.3, 0.4) is 0 Å². The fourth-order valence-corrected chi connectivity index (χ4v) is 4.76. The summed E-state index contributed by atoms with van der Waals surface area (Å²) < 4.78 is 13.2. The van der Waals surface area contributed by atoms with Gasteiger partial charge in [-0.2, -0.15) is 0 Å². The van der Waals surface area contributed by atoms with E-state index in [1.807, 2.05) is 29.3 Å². The topological polar surface area (TPSA) is 69.5 Å². The van der Waals surface area contributed by atoms with Crippen molar-refractivity contribution in [1.29, 1.82) is 0 Å². The van der Waals surface area contributed by atoms with Crippen LogP contribution in [-0.2, 0) is 6.54 Å². The summed E-state index contributed by atoms with van der Waals surface area (Å²) in [5, 5.41) is 0. The number of hydrogen-bond donors (Lipinski definition) is 0. The molecule has 0 aliphatic heterocycles. The molecular formula is C26H34N4O3. The zero-order valence-electron chi connectivity index (χ0n) is 19.9. The van der Waals surface area contributed by atoms with Crippen molar-refractivity contribution in [3.63, 3.8) is 0 Å². The van der Waals surface area contributed by atoms with Crippen LogP contribution in [0.5, 0.6) is 11.5 Å². The molecule has 1 aliphatic rings. The number of aromatic nitrogens is 3. The van der Waals surface area contributed by atoms with Crippen molar-refractivity contribution >= 4 is 17.1 Å². The van der Waals surface area contributed by atoms with E-state index >= 15 is 0 Å². The van der Waals surface area contributed by atoms with Gasteiger partial charge in [-0.05, 0) is 49.6 Å². The van der Waals surface area contributed by atoms with E-state index in [1.165, 1.54) is 12.8 Å². The molecule has 0 spiro atoms. The van der Waals surface area contributed by atoms with Gasteiger partial charge in [0.05, 0.1) is 26.3 Å². The monoisotopic (exact) mass is 450 g/mol. The van der Waals surface area contributed by atoms with Gasteiger partial charge in [0, 0.05) is 18.8 Å². The summed E-state index contributed by atoms with van der Waals surface area (Å²) in [5.41, 5.74) is 2.31. The maximum Gasteiger partial charge on any atom is 0.258 e. The summed E-state index contributed by atoms with van der Waals surface area (Å²) in [7, 11) is 3.19. The number of unbranched alkanes of at least 4 members (excludes halogenated alkanes) is 2. The molecule has 0 atom stereocenters. The molecule has 0 unspecified atom stereocenters. The van der Waals surface area contributed by atoms with Crippen molar-refractivity contribution in [3.05, 3.63) is 47.9 Å². The Bertz CT molecular complexity index is 1090. The molecule has 1 aromatic carbocycles. The number of carbonyl (C=O) groups excluding carboxylic acids is 1. The van der Waals surface area contributed by atoms with Gasteiger partial charge in [-0.25, -0.2) is 9.97 Å². The van der Waals surface area contributed by atoms with Crippen LogP contribution in [0.25, 0.3) is 11.2 Å². The molecule has 0 radical (unpaired) electrons. The number of ether oxygens (including phenoxy) is 2. The number of rotatable bonds is 10. The third-order valence-corrected chi connectivity index (χ3v) is 6.50. The summed E-state index contributed by atoms with van der Waals surface area (Å²) in [4.78, 5) is 25.3. The Morgan fingerprint density at radius 2 is 1.97 bits per heavy atom. The Labute approximate surface area is 195 Å². The first-order chi connectivity index (χ1) is 16.2. The van der Waals surface area contributed by atoms with Gasteiger partial charge in [0.25, 0.3) is 5.91 Å². The molecule has 1 amide bonds. The van der Waals surface area contributed by atoms with E-state index < -0.39 is 0 Å². The smallest absolute Gasteiger partial charge is 0.258 e. The largest absolute Gasteiger partial charge is 0.497 e. The molecule has 176 valence electrons. The normalized spacial score (nSPS) is 14.0. The zero-order chi connectivity index (χ0) is 23.2. The SMILES string of the molecule is CCCCCN(Cc1nc2cccnc2n1C1CCCC1)C(=O)c1cc(OC)ccc1OC. The standard InChI is InChI=1S/C26H34N4O3/c1-4-5-8-16-29(26(31)21-17-20(32-2)13-14-23(21)33-3)18-24-28-22-12-9-15-27-25(22)30(24)19-10-6-7-11-19/h9,12-15,17,19H,4-8,10-11,16,18H2,1-3H3. The van der Waals surface area contributed by atoms with Crippen LogP contribution in [-0.4, -0.2) is 46.1 Å². The quantitative estimate of drug-likeness (QED) is 0.387. The second kappa shape index (κ2) is 10.7. The van der Waals surface area contributed by atoms with Gasteiger partial charge >= 0.3 is 0 Å². The minimum absolute atomic E-state index is 0.0696. The van der Waals surface area contributed by atoms with E-state index in [4.69, 9.17) is 14.5 Å². The molecule has 3 aromatic rings. The average molecular weight is 451 g/mol. The number of benzene rings is 1. The lowest BCUT2D eigenvalue weighted by molar-refractivity contribution is 0.0729. The highest BCUT2D eigenvalue weighted by atomic mass is 16.5. The molecule has 2 heterocycles. The molecular weight excluding hydrogens is 416 g/mol. The maximum absolute atomic E-state index is 13.8. The lowest BCUT2D eigenvalue weighted by Crippen LogP contribution is -2.33. The van der Waals surface area contributed by atoms with Gasteiger partial charge < -0.3 is 18.9 Å². The first-order valence-electron chi connectivity index (χ1n) is 12.0. The van der Waals surface area contributed by atoms with Crippen LogP contribution in [0.1, 0.15) is 74.1 Å². The number of hydrogen-bond acceptors (Lipinski definition) is 5. The number of amides is 1. The molecule has 4 rings (SSSR count). The summed E-state index contributed by atoms with van der Waals surface area (Å²) in [5.74, 6) is 2.02. The highest BCUT2D eigenvalue weighted by molar-refractivity contribution is 5.97. The first kappa shape index (κ1) is 23.1. The van der Waals surface area contributed by atoms with E-state index in [9.17, 15) is 4.79 Å². The maximum atomic E-state index is 13.8. The third kappa shape index (κ3) is 4.97. The minimum Gasteiger partial charge on any atom is -0.497 e. The van der Waals surface area contributed by atoms with Crippen molar-refractivity contribution in [1.82, 2.24) is 19.4 Å². The third-order valence-electron chi connectivity index (χ3n) is 6.50. The highest BCUT2D eigenvalue weighted by Crippen LogP contribution is 2.34. The van der Waals surface area contributed by atoms with E-state index in [2.05, 4.69) is 16.5 Å². The van der Waals surface area contributed by atoms with Crippen LogP contribution in [0, 0.1) is 0 Å².